The summed E-state index contributed by atoms with van der Waals surface area (Å²) in [6, 6.07) is 25.1. The fourth-order valence-electron chi connectivity index (χ4n) is 3.67. The number of rotatable bonds is 3. The number of benzene rings is 3. The van der Waals surface area contributed by atoms with Gasteiger partial charge in [0.1, 0.15) is 5.82 Å². The molecule has 4 aromatic rings. The zero-order chi connectivity index (χ0) is 19.8. The Kier molecular flexibility index (Phi) is 4.41. The lowest BCUT2D eigenvalue weighted by molar-refractivity contribution is 0.242. The Hall–Kier alpha value is -3.38. The number of carbonyl (C=O) groups is 1. The van der Waals surface area contributed by atoms with Crippen LogP contribution in [0.15, 0.2) is 83.3 Å². The Balaban J connectivity index is 1.78. The number of urea groups is 1. The third kappa shape index (κ3) is 3.32. The van der Waals surface area contributed by atoms with Crippen LogP contribution in [0.4, 0.5) is 4.79 Å². The van der Waals surface area contributed by atoms with E-state index in [-0.39, 0.29) is 12.1 Å². The molecule has 0 saturated carbocycles. The highest BCUT2D eigenvalue weighted by atomic mass is 79.9. The number of amides is 2. The van der Waals surface area contributed by atoms with Crippen LogP contribution in [-0.2, 0) is 0 Å². The van der Waals surface area contributed by atoms with Gasteiger partial charge in [0.25, 0.3) is 0 Å². The van der Waals surface area contributed by atoms with E-state index in [0.29, 0.717) is 0 Å². The minimum absolute atomic E-state index is 0.242. The van der Waals surface area contributed by atoms with Crippen molar-refractivity contribution < 1.29 is 4.79 Å². The van der Waals surface area contributed by atoms with E-state index in [2.05, 4.69) is 31.5 Å². The van der Waals surface area contributed by atoms with Crippen molar-refractivity contribution in [3.05, 3.63) is 100 Å². The molecule has 6 heteroatoms. The lowest BCUT2D eigenvalue weighted by Crippen LogP contribution is -2.43. The molecule has 0 radical (unpaired) electrons. The molecule has 1 aliphatic rings. The normalized spacial score (nSPS) is 16.6. The lowest BCUT2D eigenvalue weighted by Gasteiger charge is -2.30. The third-order valence-electron chi connectivity index (χ3n) is 4.96. The van der Waals surface area contributed by atoms with Crippen molar-refractivity contribution in [2.45, 2.75) is 6.04 Å². The Morgan fingerprint density at radius 2 is 1.69 bits per heavy atom. The topological polar surface area (TPSA) is 69.8 Å². The molecule has 2 heterocycles. The Labute approximate surface area is 176 Å². The molecule has 1 aromatic heterocycles. The predicted octanol–water partition coefficient (Wildman–Crippen LogP) is 5.25. The maximum absolute atomic E-state index is 12.6. The molecule has 0 fully saturated rings. The zero-order valence-corrected chi connectivity index (χ0v) is 16.9. The van der Waals surface area contributed by atoms with Gasteiger partial charge in [-0.2, -0.15) is 0 Å². The van der Waals surface area contributed by atoms with Crippen LogP contribution in [-0.4, -0.2) is 16.0 Å². The first-order chi connectivity index (χ1) is 14.2. The number of hydrogen-bond acceptors (Lipinski definition) is 2. The first-order valence-electron chi connectivity index (χ1n) is 9.27. The van der Waals surface area contributed by atoms with Gasteiger partial charge in [-0.15, -0.1) is 0 Å². The van der Waals surface area contributed by atoms with Gasteiger partial charge in [0.2, 0.25) is 0 Å². The van der Waals surface area contributed by atoms with Gasteiger partial charge in [0.15, 0.2) is 0 Å². The second kappa shape index (κ2) is 7.22. The van der Waals surface area contributed by atoms with Crippen molar-refractivity contribution >= 4 is 44.3 Å². The van der Waals surface area contributed by atoms with Crippen LogP contribution < -0.4 is 10.6 Å². The zero-order valence-electron chi connectivity index (χ0n) is 15.3. The van der Waals surface area contributed by atoms with Gasteiger partial charge in [-0.25, -0.2) is 9.78 Å². The highest BCUT2D eigenvalue weighted by Gasteiger charge is 2.31. The summed E-state index contributed by atoms with van der Waals surface area (Å²) in [5.41, 5.74) is 5.37. The average Bonchev–Trinajstić information content (AvgIpc) is 3.17. The summed E-state index contributed by atoms with van der Waals surface area (Å²) in [6.45, 7) is 0. The number of imidazole rings is 1. The van der Waals surface area contributed by atoms with Crippen molar-refractivity contribution in [2.24, 2.45) is 0 Å². The van der Waals surface area contributed by atoms with Crippen molar-refractivity contribution in [1.29, 1.82) is 0 Å². The lowest BCUT2D eigenvalue weighted by atomic mass is 9.92. The first-order valence-corrected chi connectivity index (χ1v) is 10.1. The molecule has 0 spiro atoms. The van der Waals surface area contributed by atoms with E-state index in [1.54, 1.807) is 0 Å². The standard InChI is InChI=1S/C23H17BrN4O/c24-16-10-6-9-15(13-16)21-19(22-25-17-11-4-5-12-18(17)26-22)20(27-23(29)28-21)14-7-2-1-3-8-14/h1-13,21H,(H,25,26)(H2,27,28,29). The molecule has 142 valence electrons. The third-order valence-corrected chi connectivity index (χ3v) is 5.45. The number of aromatic amines is 1. The molecule has 1 unspecified atom stereocenters. The van der Waals surface area contributed by atoms with Crippen LogP contribution in [0.1, 0.15) is 23.0 Å². The summed E-state index contributed by atoms with van der Waals surface area (Å²) in [5, 5.41) is 6.06. The molecule has 0 bridgehead atoms. The minimum Gasteiger partial charge on any atom is -0.338 e. The number of nitrogens with zero attached hydrogens (tertiary/aromatic N) is 1. The van der Waals surface area contributed by atoms with Crippen LogP contribution in [0.5, 0.6) is 0 Å². The quantitative estimate of drug-likeness (QED) is 0.403. The van der Waals surface area contributed by atoms with Gasteiger partial charge in [-0.05, 0) is 35.4 Å². The number of para-hydroxylation sites is 2. The molecular formula is C23H17BrN4O. The second-order valence-electron chi connectivity index (χ2n) is 6.84. The molecule has 2 amide bonds. The number of nitrogens with one attached hydrogen (secondary N) is 3. The molecule has 1 atom stereocenters. The van der Waals surface area contributed by atoms with Gasteiger partial charge < -0.3 is 15.6 Å². The number of H-pyrrole nitrogens is 1. The second-order valence-corrected chi connectivity index (χ2v) is 7.76. The molecule has 3 N–H and O–H groups in total. The number of halogens is 1. The fraction of sp³-hybridized carbons (Fsp3) is 0.0435. The van der Waals surface area contributed by atoms with E-state index in [0.717, 1.165) is 43.7 Å². The van der Waals surface area contributed by atoms with Gasteiger partial charge >= 0.3 is 6.03 Å². The highest BCUT2D eigenvalue weighted by molar-refractivity contribution is 9.10. The van der Waals surface area contributed by atoms with E-state index in [9.17, 15) is 4.79 Å². The molecule has 0 saturated heterocycles. The van der Waals surface area contributed by atoms with Crippen LogP contribution in [0, 0.1) is 0 Å². The maximum Gasteiger partial charge on any atom is 0.320 e. The van der Waals surface area contributed by atoms with Crippen LogP contribution in [0.25, 0.3) is 22.3 Å². The van der Waals surface area contributed by atoms with Crippen molar-refractivity contribution in [1.82, 2.24) is 20.6 Å². The molecule has 29 heavy (non-hydrogen) atoms. The van der Waals surface area contributed by atoms with Gasteiger partial charge in [-0.3, -0.25) is 0 Å². The monoisotopic (exact) mass is 444 g/mol. The summed E-state index contributed by atoms with van der Waals surface area (Å²) >= 11 is 3.54. The highest BCUT2D eigenvalue weighted by Crippen LogP contribution is 2.38. The predicted molar refractivity (Wildman–Crippen MR) is 118 cm³/mol. The number of fused-ring (bicyclic) bond motifs is 1. The van der Waals surface area contributed by atoms with Crippen molar-refractivity contribution in [3.63, 3.8) is 0 Å². The Morgan fingerprint density at radius 1 is 0.897 bits per heavy atom. The molecular weight excluding hydrogens is 428 g/mol. The number of hydrogen-bond donors (Lipinski definition) is 3. The summed E-state index contributed by atoms with van der Waals surface area (Å²) in [5.74, 6) is 0.725. The Morgan fingerprint density at radius 3 is 2.48 bits per heavy atom. The van der Waals surface area contributed by atoms with Gasteiger partial charge in [-0.1, -0.05) is 70.5 Å². The molecule has 0 aliphatic carbocycles. The van der Waals surface area contributed by atoms with E-state index in [1.165, 1.54) is 0 Å². The largest absolute Gasteiger partial charge is 0.338 e. The number of carbonyl (C=O) groups excluding carboxylic acids is 1. The van der Waals surface area contributed by atoms with E-state index in [4.69, 9.17) is 4.98 Å². The smallest absolute Gasteiger partial charge is 0.320 e. The first kappa shape index (κ1) is 17.7. The Bertz CT molecular complexity index is 1210. The van der Waals surface area contributed by atoms with Crippen LogP contribution in [0.3, 0.4) is 0 Å². The fourth-order valence-corrected chi connectivity index (χ4v) is 4.09. The van der Waals surface area contributed by atoms with E-state index in [1.807, 2.05) is 78.9 Å². The molecule has 5 nitrogen and oxygen atoms in total. The SMILES string of the molecule is O=C1NC(c2ccccc2)=C(c2nc3ccccc3[nH]2)C(c2cccc(Br)c2)N1. The number of aromatic nitrogens is 2. The van der Waals surface area contributed by atoms with E-state index >= 15 is 0 Å². The van der Waals surface area contributed by atoms with Crippen molar-refractivity contribution in [2.75, 3.05) is 0 Å². The molecule has 5 rings (SSSR count). The maximum atomic E-state index is 12.6. The average molecular weight is 445 g/mol. The van der Waals surface area contributed by atoms with Crippen LogP contribution >= 0.6 is 15.9 Å². The molecule has 1 aliphatic heterocycles. The van der Waals surface area contributed by atoms with Gasteiger partial charge in [0, 0.05) is 10.0 Å². The van der Waals surface area contributed by atoms with E-state index < -0.39 is 0 Å². The summed E-state index contributed by atoms with van der Waals surface area (Å²) in [6.07, 6.45) is 0. The summed E-state index contributed by atoms with van der Waals surface area (Å²) in [7, 11) is 0. The molecule has 3 aromatic carbocycles. The van der Waals surface area contributed by atoms with Gasteiger partial charge in [0.05, 0.1) is 22.8 Å². The van der Waals surface area contributed by atoms with Crippen molar-refractivity contribution in [3.8, 4) is 0 Å². The summed E-state index contributed by atoms with van der Waals surface area (Å²) < 4.78 is 0.952. The van der Waals surface area contributed by atoms with Crippen LogP contribution in [0.2, 0.25) is 0 Å². The minimum atomic E-state index is -0.350. The summed E-state index contributed by atoms with van der Waals surface area (Å²) in [4.78, 5) is 20.8.